The summed E-state index contributed by atoms with van der Waals surface area (Å²) >= 11 is 0. The number of aryl methyl sites for hydroxylation is 1. The smallest absolute Gasteiger partial charge is 0.324 e. The van der Waals surface area contributed by atoms with E-state index in [-0.39, 0.29) is 5.69 Å². The van der Waals surface area contributed by atoms with Gasteiger partial charge >= 0.3 is 12.4 Å². The summed E-state index contributed by atoms with van der Waals surface area (Å²) in [6.07, 6.45) is -9.44. The van der Waals surface area contributed by atoms with Crippen molar-refractivity contribution in [3.63, 3.8) is 0 Å². The number of nitrogens with one attached hydrogen (secondary N) is 1. The van der Waals surface area contributed by atoms with E-state index in [2.05, 4.69) is 5.10 Å². The lowest BCUT2D eigenvalue weighted by Crippen LogP contribution is -2.24. The van der Waals surface area contributed by atoms with Gasteiger partial charge in [0.2, 0.25) is 5.91 Å². The van der Waals surface area contributed by atoms with Crippen molar-refractivity contribution in [1.82, 2.24) is 9.78 Å². The summed E-state index contributed by atoms with van der Waals surface area (Å²) < 4.78 is 77.4. The highest BCUT2D eigenvalue weighted by atomic mass is 19.4. The third-order valence-electron chi connectivity index (χ3n) is 2.99. The molecule has 130 valence electrons. The Morgan fingerprint density at radius 3 is 2.33 bits per heavy atom. The lowest BCUT2D eigenvalue weighted by Gasteiger charge is -2.14. The molecule has 0 saturated heterocycles. The van der Waals surface area contributed by atoms with E-state index in [1.807, 2.05) is 5.32 Å². The molecule has 4 nitrogen and oxygen atoms in total. The highest BCUT2D eigenvalue weighted by Gasteiger charge is 2.36. The molecule has 0 radical (unpaired) electrons. The van der Waals surface area contributed by atoms with Crippen LogP contribution in [0.4, 0.5) is 32.0 Å². The molecule has 1 amide bonds. The number of aromatic nitrogens is 2. The zero-order valence-corrected chi connectivity index (χ0v) is 12.2. The first-order valence-corrected chi connectivity index (χ1v) is 6.56. The number of para-hydroxylation sites is 1. The van der Waals surface area contributed by atoms with Crippen LogP contribution in [-0.2, 0) is 23.7 Å². The molecule has 1 aromatic heterocycles. The second-order valence-electron chi connectivity index (χ2n) is 4.92. The van der Waals surface area contributed by atoms with E-state index in [9.17, 15) is 31.1 Å². The van der Waals surface area contributed by atoms with Crippen LogP contribution in [0.1, 0.15) is 17.0 Å². The van der Waals surface area contributed by atoms with Crippen LogP contribution >= 0.6 is 0 Å². The molecule has 0 spiro atoms. The van der Waals surface area contributed by atoms with Crippen LogP contribution in [0.3, 0.4) is 0 Å². The first kappa shape index (κ1) is 17.8. The van der Waals surface area contributed by atoms with Gasteiger partial charge in [0, 0.05) is 0 Å². The molecule has 1 heterocycles. The van der Waals surface area contributed by atoms with Crippen molar-refractivity contribution in [2.75, 3.05) is 5.32 Å². The van der Waals surface area contributed by atoms with Crippen molar-refractivity contribution in [2.45, 2.75) is 25.8 Å². The number of nitrogens with zero attached hydrogens (tertiary/aromatic N) is 2. The van der Waals surface area contributed by atoms with E-state index in [4.69, 9.17) is 0 Å². The molecular formula is C14H11F6N3O. The van der Waals surface area contributed by atoms with Gasteiger partial charge in [-0.1, -0.05) is 12.1 Å². The molecule has 0 fully saturated rings. The summed E-state index contributed by atoms with van der Waals surface area (Å²) in [4.78, 5) is 11.8. The van der Waals surface area contributed by atoms with E-state index >= 15 is 0 Å². The van der Waals surface area contributed by atoms with Crippen LogP contribution in [0, 0.1) is 6.92 Å². The van der Waals surface area contributed by atoms with Gasteiger partial charge in [-0.25, -0.2) is 0 Å². The number of anilines is 1. The lowest BCUT2D eigenvalue weighted by molar-refractivity contribution is -0.144. The fourth-order valence-corrected chi connectivity index (χ4v) is 2.06. The summed E-state index contributed by atoms with van der Waals surface area (Å²) in [7, 11) is 0. The molecule has 0 bridgehead atoms. The minimum atomic E-state index is -4.73. The molecule has 1 N–H and O–H groups in total. The number of benzene rings is 1. The summed E-state index contributed by atoms with van der Waals surface area (Å²) in [5, 5.41) is 5.51. The van der Waals surface area contributed by atoms with E-state index < -0.39 is 41.7 Å². The maximum Gasteiger partial charge on any atom is 0.433 e. The first-order chi connectivity index (χ1) is 11.0. The number of rotatable bonds is 3. The van der Waals surface area contributed by atoms with Crippen LogP contribution in [-0.4, -0.2) is 15.7 Å². The molecule has 0 aliphatic heterocycles. The highest BCUT2D eigenvalue weighted by molar-refractivity contribution is 5.91. The lowest BCUT2D eigenvalue weighted by atomic mass is 10.1. The molecule has 0 unspecified atom stereocenters. The van der Waals surface area contributed by atoms with Crippen LogP contribution in [0.2, 0.25) is 0 Å². The van der Waals surface area contributed by atoms with Crippen molar-refractivity contribution in [1.29, 1.82) is 0 Å². The van der Waals surface area contributed by atoms with Crippen molar-refractivity contribution >= 4 is 11.6 Å². The number of carbonyl (C=O) groups excluding carboxylic acids is 1. The quantitative estimate of drug-likeness (QED) is 0.854. The SMILES string of the molecule is Cc1cc(C(F)(F)F)n(CC(=O)Nc2ccccc2C(F)(F)F)n1. The van der Waals surface area contributed by atoms with Crippen molar-refractivity contribution < 1.29 is 31.1 Å². The van der Waals surface area contributed by atoms with Crippen molar-refractivity contribution in [2.24, 2.45) is 0 Å². The molecule has 2 rings (SSSR count). The van der Waals surface area contributed by atoms with Crippen LogP contribution < -0.4 is 5.32 Å². The first-order valence-electron chi connectivity index (χ1n) is 6.56. The van der Waals surface area contributed by atoms with Gasteiger partial charge in [0.25, 0.3) is 0 Å². The monoisotopic (exact) mass is 351 g/mol. The van der Waals surface area contributed by atoms with Crippen LogP contribution in [0.5, 0.6) is 0 Å². The van der Waals surface area contributed by atoms with E-state index in [1.165, 1.54) is 13.0 Å². The molecule has 0 aliphatic rings. The Labute approximate surface area is 132 Å². The topological polar surface area (TPSA) is 46.9 Å². The van der Waals surface area contributed by atoms with E-state index in [1.54, 1.807) is 0 Å². The Balaban J connectivity index is 2.22. The fraction of sp³-hybridized carbons (Fsp3) is 0.286. The zero-order chi connectivity index (χ0) is 18.1. The molecule has 0 aliphatic carbocycles. The molecule has 24 heavy (non-hydrogen) atoms. The minimum absolute atomic E-state index is 0.0332. The summed E-state index contributed by atoms with van der Waals surface area (Å²) in [5.74, 6) is -1.06. The Morgan fingerprint density at radius 1 is 1.12 bits per heavy atom. The number of amides is 1. The normalized spacial score (nSPS) is 12.3. The maximum atomic E-state index is 12.8. The Bertz CT molecular complexity index is 748. The number of hydrogen-bond acceptors (Lipinski definition) is 2. The molecule has 10 heteroatoms. The Morgan fingerprint density at radius 2 is 1.75 bits per heavy atom. The Hall–Kier alpha value is -2.52. The molecular weight excluding hydrogens is 340 g/mol. The largest absolute Gasteiger partial charge is 0.433 e. The van der Waals surface area contributed by atoms with Crippen LogP contribution in [0.25, 0.3) is 0 Å². The Kier molecular flexibility index (Phi) is 4.59. The van der Waals surface area contributed by atoms with Gasteiger partial charge in [-0.3, -0.25) is 9.48 Å². The van der Waals surface area contributed by atoms with Crippen molar-refractivity contribution in [3.05, 3.63) is 47.3 Å². The van der Waals surface area contributed by atoms with Crippen LogP contribution in [0.15, 0.2) is 30.3 Å². The van der Waals surface area contributed by atoms with Gasteiger partial charge in [0.05, 0.1) is 16.9 Å². The minimum Gasteiger partial charge on any atom is -0.324 e. The standard InChI is InChI=1S/C14H11F6N3O/c1-8-6-11(14(18,19)20)23(22-8)7-12(24)21-10-5-3-2-4-9(10)13(15,16)17/h2-6H,7H2,1H3,(H,21,24). The number of alkyl halides is 6. The highest BCUT2D eigenvalue weighted by Crippen LogP contribution is 2.34. The second-order valence-corrected chi connectivity index (χ2v) is 4.92. The van der Waals surface area contributed by atoms with Gasteiger partial charge in [-0.05, 0) is 25.1 Å². The molecule has 0 saturated carbocycles. The van der Waals surface area contributed by atoms with Gasteiger partial charge in [0.15, 0.2) is 0 Å². The van der Waals surface area contributed by atoms with E-state index in [0.29, 0.717) is 4.68 Å². The number of halogens is 6. The summed E-state index contributed by atoms with van der Waals surface area (Å²) in [6.45, 7) is 0.442. The van der Waals surface area contributed by atoms with Gasteiger partial charge in [-0.15, -0.1) is 0 Å². The summed E-state index contributed by atoms with van der Waals surface area (Å²) in [6, 6.07) is 4.92. The predicted octanol–water partition coefficient (Wildman–Crippen LogP) is 3.87. The van der Waals surface area contributed by atoms with Gasteiger partial charge in [-0.2, -0.15) is 31.4 Å². The molecule has 2 aromatic rings. The molecule has 0 atom stereocenters. The second kappa shape index (κ2) is 6.17. The average Bonchev–Trinajstić information content (AvgIpc) is 2.78. The van der Waals surface area contributed by atoms with Gasteiger partial charge in [0.1, 0.15) is 12.2 Å². The summed E-state index contributed by atoms with van der Waals surface area (Å²) in [5.41, 5.74) is -2.75. The third-order valence-corrected chi connectivity index (χ3v) is 2.99. The number of carbonyl (C=O) groups is 1. The zero-order valence-electron chi connectivity index (χ0n) is 12.2. The molecule has 1 aromatic carbocycles. The predicted molar refractivity (Wildman–Crippen MR) is 72.0 cm³/mol. The van der Waals surface area contributed by atoms with Gasteiger partial charge < -0.3 is 5.32 Å². The third kappa shape index (κ3) is 4.06. The number of hydrogen-bond donors (Lipinski definition) is 1. The van der Waals surface area contributed by atoms with Crippen molar-refractivity contribution in [3.8, 4) is 0 Å². The fourth-order valence-electron chi connectivity index (χ4n) is 2.06. The average molecular weight is 351 g/mol. The van der Waals surface area contributed by atoms with E-state index in [0.717, 1.165) is 24.3 Å². The maximum absolute atomic E-state index is 12.8.